The molecule has 0 atom stereocenters. The van der Waals surface area contributed by atoms with E-state index in [9.17, 15) is 9.59 Å². The molecule has 5 rings (SSSR count). The van der Waals surface area contributed by atoms with E-state index in [1.165, 1.54) is 7.11 Å². The monoisotopic (exact) mass is 466 g/mol. The third kappa shape index (κ3) is 4.10. The molecule has 1 heterocycles. The van der Waals surface area contributed by atoms with Crippen molar-refractivity contribution >= 4 is 27.5 Å². The second kappa shape index (κ2) is 9.35. The first kappa shape index (κ1) is 22.2. The van der Waals surface area contributed by atoms with E-state index in [-0.39, 0.29) is 29.3 Å². The summed E-state index contributed by atoms with van der Waals surface area (Å²) in [6, 6.07) is 25.2. The smallest absolute Gasteiger partial charge is 0.235 e. The number of ketones is 1. The quantitative estimate of drug-likeness (QED) is 0.278. The maximum Gasteiger partial charge on any atom is 0.235 e. The van der Waals surface area contributed by atoms with Crippen LogP contribution in [-0.4, -0.2) is 26.6 Å². The minimum absolute atomic E-state index is 0.0375. The van der Waals surface area contributed by atoms with Crippen LogP contribution in [0.4, 0.5) is 0 Å². The van der Waals surface area contributed by atoms with Gasteiger partial charge in [0.25, 0.3) is 0 Å². The highest BCUT2D eigenvalue weighted by Crippen LogP contribution is 2.36. The highest BCUT2D eigenvalue weighted by atomic mass is 16.5. The van der Waals surface area contributed by atoms with E-state index in [1.54, 1.807) is 55.6 Å². The average molecular weight is 466 g/mol. The molecule has 0 fully saturated rings. The lowest BCUT2D eigenvalue weighted by atomic mass is 10.0. The molecule has 6 heteroatoms. The summed E-state index contributed by atoms with van der Waals surface area (Å²) in [4.78, 5) is 26.6. The van der Waals surface area contributed by atoms with Gasteiger partial charge in [0.05, 0.1) is 19.6 Å². The van der Waals surface area contributed by atoms with Crippen LogP contribution in [0.15, 0.2) is 94.1 Å². The van der Waals surface area contributed by atoms with Gasteiger partial charge in [-0.3, -0.25) is 9.59 Å². The molecule has 5 aromatic rings. The van der Waals surface area contributed by atoms with E-state index >= 15 is 0 Å². The molecular formula is C29H22O6. The Labute approximate surface area is 201 Å². The lowest BCUT2D eigenvalue weighted by molar-refractivity contribution is 0.0922. The normalized spacial score (nSPS) is 10.9. The number of carbonyl (C=O) groups is 1. The van der Waals surface area contributed by atoms with Crippen LogP contribution in [0.25, 0.3) is 33.1 Å². The molecule has 35 heavy (non-hydrogen) atoms. The molecule has 0 N–H and O–H groups in total. The number of methoxy groups -OCH3 is 2. The van der Waals surface area contributed by atoms with E-state index in [2.05, 4.69) is 0 Å². The minimum Gasteiger partial charge on any atom is -0.493 e. The van der Waals surface area contributed by atoms with E-state index in [4.69, 9.17) is 18.6 Å². The first-order valence-corrected chi connectivity index (χ1v) is 11.0. The zero-order chi connectivity index (χ0) is 24.4. The molecule has 0 radical (unpaired) electrons. The molecule has 1 aromatic heterocycles. The van der Waals surface area contributed by atoms with Crippen LogP contribution in [0.2, 0.25) is 0 Å². The Balaban J connectivity index is 1.58. The Hall–Kier alpha value is -4.58. The van der Waals surface area contributed by atoms with E-state index in [0.29, 0.717) is 33.6 Å². The molecule has 0 aliphatic rings. The fraction of sp³-hybridized carbons (Fsp3) is 0.103. The third-order valence-corrected chi connectivity index (χ3v) is 5.84. The Morgan fingerprint density at radius 1 is 0.800 bits per heavy atom. The molecule has 0 bridgehead atoms. The Bertz CT molecular complexity index is 1610. The van der Waals surface area contributed by atoms with Crippen molar-refractivity contribution in [3.63, 3.8) is 0 Å². The van der Waals surface area contributed by atoms with Crippen LogP contribution in [0.1, 0.15) is 10.4 Å². The van der Waals surface area contributed by atoms with Gasteiger partial charge in [0.15, 0.2) is 23.9 Å². The molecule has 4 aromatic carbocycles. The third-order valence-electron chi connectivity index (χ3n) is 5.84. The summed E-state index contributed by atoms with van der Waals surface area (Å²) in [5.74, 6) is 0.934. The van der Waals surface area contributed by atoms with Crippen molar-refractivity contribution in [2.24, 2.45) is 0 Å². The minimum atomic E-state index is -0.359. The van der Waals surface area contributed by atoms with Crippen molar-refractivity contribution in [3.8, 4) is 28.6 Å². The number of ether oxygens (including phenoxy) is 3. The van der Waals surface area contributed by atoms with E-state index in [0.717, 1.165) is 10.8 Å². The highest BCUT2D eigenvalue weighted by Gasteiger charge is 2.21. The number of para-hydroxylation sites is 1. The maximum absolute atomic E-state index is 13.4. The van der Waals surface area contributed by atoms with Crippen LogP contribution in [-0.2, 0) is 0 Å². The number of hydrogen-bond acceptors (Lipinski definition) is 6. The number of benzene rings is 4. The molecule has 0 saturated heterocycles. The highest BCUT2D eigenvalue weighted by molar-refractivity contribution is 6.08. The molecule has 174 valence electrons. The fourth-order valence-electron chi connectivity index (χ4n) is 4.11. The van der Waals surface area contributed by atoms with Gasteiger partial charge >= 0.3 is 0 Å². The van der Waals surface area contributed by atoms with E-state index in [1.807, 2.05) is 36.4 Å². The van der Waals surface area contributed by atoms with Gasteiger partial charge in [-0.15, -0.1) is 0 Å². The maximum atomic E-state index is 13.4. The van der Waals surface area contributed by atoms with Gasteiger partial charge in [-0.2, -0.15) is 0 Å². The standard InChI is InChI=1S/C29H22O6/c1-32-25-15-14-19(16-26(25)33-2)28-29(27(31)22-11-5-6-13-24(22)35-28)34-17-23(30)21-12-7-9-18-8-3-4-10-20(18)21/h3-16H,17H2,1-2H3. The van der Waals surface area contributed by atoms with Crippen molar-refractivity contribution in [1.29, 1.82) is 0 Å². The average Bonchev–Trinajstić information content (AvgIpc) is 2.91. The zero-order valence-corrected chi connectivity index (χ0v) is 19.2. The Kier molecular flexibility index (Phi) is 5.94. The lowest BCUT2D eigenvalue weighted by Gasteiger charge is -2.14. The Morgan fingerprint density at radius 3 is 2.31 bits per heavy atom. The first-order chi connectivity index (χ1) is 17.1. The van der Waals surface area contributed by atoms with Gasteiger partial charge in [0, 0.05) is 11.1 Å². The molecule has 0 aliphatic carbocycles. The van der Waals surface area contributed by atoms with Crippen LogP contribution in [0.3, 0.4) is 0 Å². The van der Waals surface area contributed by atoms with Crippen LogP contribution in [0, 0.1) is 0 Å². The fourth-order valence-corrected chi connectivity index (χ4v) is 4.11. The molecule has 6 nitrogen and oxygen atoms in total. The van der Waals surface area contributed by atoms with Crippen molar-refractivity contribution in [1.82, 2.24) is 0 Å². The van der Waals surface area contributed by atoms with Gasteiger partial charge in [0.2, 0.25) is 17.0 Å². The van der Waals surface area contributed by atoms with Crippen molar-refractivity contribution in [2.75, 3.05) is 20.8 Å². The van der Waals surface area contributed by atoms with Gasteiger partial charge < -0.3 is 18.6 Å². The SMILES string of the molecule is COc1ccc(-c2oc3ccccc3c(=O)c2OCC(=O)c2cccc3ccccc23)cc1OC. The Morgan fingerprint density at radius 2 is 1.51 bits per heavy atom. The van der Waals surface area contributed by atoms with Crippen LogP contribution < -0.4 is 19.6 Å². The van der Waals surface area contributed by atoms with E-state index < -0.39 is 0 Å². The predicted octanol–water partition coefficient (Wildman–Crippen LogP) is 5.89. The van der Waals surface area contributed by atoms with Gasteiger partial charge in [-0.1, -0.05) is 54.6 Å². The molecule has 0 spiro atoms. The number of rotatable bonds is 7. The second-order valence-corrected chi connectivity index (χ2v) is 7.89. The summed E-state index contributed by atoms with van der Waals surface area (Å²) in [7, 11) is 3.07. The number of carbonyl (C=O) groups excluding carboxylic acids is 1. The van der Waals surface area contributed by atoms with Crippen LogP contribution in [0.5, 0.6) is 17.2 Å². The van der Waals surface area contributed by atoms with Gasteiger partial charge in [-0.25, -0.2) is 0 Å². The summed E-state index contributed by atoms with van der Waals surface area (Å²) in [6.45, 7) is -0.322. The zero-order valence-electron chi connectivity index (χ0n) is 19.2. The molecule has 0 saturated carbocycles. The molecular weight excluding hydrogens is 444 g/mol. The molecule has 0 unspecified atom stereocenters. The lowest BCUT2D eigenvalue weighted by Crippen LogP contribution is -2.17. The van der Waals surface area contributed by atoms with Gasteiger partial charge in [0.1, 0.15) is 5.58 Å². The van der Waals surface area contributed by atoms with Crippen molar-refractivity contribution in [2.45, 2.75) is 0 Å². The molecule has 0 amide bonds. The number of Topliss-reactive ketones (excluding diaryl/α,β-unsaturated/α-hetero) is 1. The largest absolute Gasteiger partial charge is 0.493 e. The summed E-state index contributed by atoms with van der Waals surface area (Å²) in [5.41, 5.74) is 1.14. The summed E-state index contributed by atoms with van der Waals surface area (Å²) >= 11 is 0. The van der Waals surface area contributed by atoms with Crippen molar-refractivity contribution < 1.29 is 23.4 Å². The molecule has 0 aliphatic heterocycles. The predicted molar refractivity (Wildman–Crippen MR) is 135 cm³/mol. The second-order valence-electron chi connectivity index (χ2n) is 7.89. The van der Waals surface area contributed by atoms with Gasteiger partial charge in [-0.05, 0) is 41.1 Å². The number of hydrogen-bond donors (Lipinski definition) is 0. The number of fused-ring (bicyclic) bond motifs is 2. The first-order valence-electron chi connectivity index (χ1n) is 11.0. The summed E-state index contributed by atoms with van der Waals surface area (Å²) < 4.78 is 22.7. The summed E-state index contributed by atoms with van der Waals surface area (Å²) in [5, 5.41) is 2.15. The summed E-state index contributed by atoms with van der Waals surface area (Å²) in [6.07, 6.45) is 0. The topological polar surface area (TPSA) is 75.0 Å². The van der Waals surface area contributed by atoms with Crippen LogP contribution >= 0.6 is 0 Å². The van der Waals surface area contributed by atoms with Crippen molar-refractivity contribution in [3.05, 3.63) is 101 Å².